The van der Waals surface area contributed by atoms with Crippen LogP contribution >= 0.6 is 0 Å². The number of hydrogen-bond acceptors (Lipinski definition) is 5. The van der Waals surface area contributed by atoms with E-state index in [9.17, 15) is 13.2 Å². The van der Waals surface area contributed by atoms with Crippen molar-refractivity contribution in [1.82, 2.24) is 4.98 Å². The van der Waals surface area contributed by atoms with Gasteiger partial charge in [-0.1, -0.05) is 6.07 Å². The zero-order chi connectivity index (χ0) is 15.6. The maximum atomic E-state index is 12.0. The molecule has 0 spiro atoms. The molecular weight excluding hydrogens is 296 g/mol. The molecule has 4 N–H and O–H groups in total. The topological polar surface area (TPSA) is 127 Å². The molecule has 0 aliphatic rings. The smallest absolute Gasteiger partial charge is 0.296 e. The molecule has 0 fully saturated rings. The second kappa shape index (κ2) is 5.54. The fourth-order valence-corrected chi connectivity index (χ4v) is 2.21. The van der Waals surface area contributed by atoms with Gasteiger partial charge < -0.3 is 9.73 Å². The molecular formula is C12H14N4O4S. The maximum absolute atomic E-state index is 12.0. The standard InChI is InChI=1S/C12H14N4O4S/c1-7-11(20-8(2)14-7)12(17)15-9-4-3-5-10(6-9)16-21(13,18)19/h3-6,16H,1-2H3,(H,15,17)(H2,13,18,19). The SMILES string of the molecule is Cc1nc(C)c(C(=O)Nc2cccc(NS(N)(=O)=O)c2)o1. The molecule has 0 radical (unpaired) electrons. The van der Waals surface area contributed by atoms with Crippen molar-refractivity contribution in [2.75, 3.05) is 10.0 Å². The highest BCUT2D eigenvalue weighted by atomic mass is 32.2. The first-order valence-electron chi connectivity index (χ1n) is 5.90. The van der Waals surface area contributed by atoms with Crippen molar-refractivity contribution in [3.05, 3.63) is 41.6 Å². The number of nitrogens with one attached hydrogen (secondary N) is 2. The Kier molecular flexibility index (Phi) is 3.96. The van der Waals surface area contributed by atoms with Gasteiger partial charge in [-0.25, -0.2) is 10.1 Å². The van der Waals surface area contributed by atoms with Crippen molar-refractivity contribution in [1.29, 1.82) is 0 Å². The van der Waals surface area contributed by atoms with Gasteiger partial charge in [-0.3, -0.25) is 9.52 Å². The van der Waals surface area contributed by atoms with E-state index in [0.29, 0.717) is 17.3 Å². The van der Waals surface area contributed by atoms with Crippen LogP contribution in [0.5, 0.6) is 0 Å². The van der Waals surface area contributed by atoms with Crippen molar-refractivity contribution >= 4 is 27.5 Å². The number of oxazole rings is 1. The lowest BCUT2D eigenvalue weighted by Crippen LogP contribution is -2.21. The first-order chi connectivity index (χ1) is 9.74. The van der Waals surface area contributed by atoms with E-state index >= 15 is 0 Å². The summed E-state index contributed by atoms with van der Waals surface area (Å²) in [5.74, 6) is 0.0282. The number of carbonyl (C=O) groups is 1. The normalized spacial score (nSPS) is 11.2. The van der Waals surface area contributed by atoms with Crippen LogP contribution < -0.4 is 15.2 Å². The minimum absolute atomic E-state index is 0.109. The molecule has 0 atom stereocenters. The van der Waals surface area contributed by atoms with Gasteiger partial charge in [0, 0.05) is 12.6 Å². The Bertz CT molecular complexity index is 782. The first-order valence-corrected chi connectivity index (χ1v) is 7.45. The Hall–Kier alpha value is -2.39. The number of anilines is 2. The molecule has 2 aromatic rings. The van der Waals surface area contributed by atoms with Gasteiger partial charge in [0.15, 0.2) is 5.89 Å². The van der Waals surface area contributed by atoms with E-state index in [2.05, 4.69) is 15.0 Å². The highest BCUT2D eigenvalue weighted by Crippen LogP contribution is 2.18. The minimum Gasteiger partial charge on any atom is -0.436 e. The fourth-order valence-electron chi connectivity index (χ4n) is 1.75. The van der Waals surface area contributed by atoms with Gasteiger partial charge in [0.25, 0.3) is 16.1 Å². The average molecular weight is 310 g/mol. The third-order valence-electron chi connectivity index (χ3n) is 2.49. The Morgan fingerprint density at radius 3 is 2.52 bits per heavy atom. The summed E-state index contributed by atoms with van der Waals surface area (Å²) in [5, 5.41) is 7.47. The number of hydrogen-bond donors (Lipinski definition) is 3. The number of nitrogens with zero attached hydrogens (tertiary/aromatic N) is 1. The quantitative estimate of drug-likeness (QED) is 0.780. The summed E-state index contributed by atoms with van der Waals surface area (Å²) < 4.78 is 29.2. The minimum atomic E-state index is -3.87. The fraction of sp³-hybridized carbons (Fsp3) is 0.167. The molecule has 0 aliphatic carbocycles. The van der Waals surface area contributed by atoms with Crippen molar-refractivity contribution in [2.24, 2.45) is 5.14 Å². The van der Waals surface area contributed by atoms with Crippen molar-refractivity contribution < 1.29 is 17.6 Å². The maximum Gasteiger partial charge on any atom is 0.296 e. The molecule has 0 unspecified atom stereocenters. The number of benzene rings is 1. The Morgan fingerprint density at radius 2 is 1.95 bits per heavy atom. The predicted molar refractivity (Wildman–Crippen MR) is 77.1 cm³/mol. The Balaban J connectivity index is 2.18. The molecule has 21 heavy (non-hydrogen) atoms. The third-order valence-corrected chi connectivity index (χ3v) is 3.01. The molecule has 0 aliphatic heterocycles. The van der Waals surface area contributed by atoms with Crippen LogP contribution in [0.3, 0.4) is 0 Å². The van der Waals surface area contributed by atoms with Gasteiger partial charge in [-0.2, -0.15) is 8.42 Å². The number of rotatable bonds is 4. The van der Waals surface area contributed by atoms with Crippen LogP contribution in [0.15, 0.2) is 28.7 Å². The average Bonchev–Trinajstić information content (AvgIpc) is 2.66. The number of nitrogens with two attached hydrogens (primary N) is 1. The van der Waals surface area contributed by atoms with Gasteiger partial charge in [0.1, 0.15) is 0 Å². The van der Waals surface area contributed by atoms with E-state index in [0.717, 1.165) is 0 Å². The van der Waals surface area contributed by atoms with Crippen LogP contribution in [0.25, 0.3) is 0 Å². The van der Waals surface area contributed by atoms with Gasteiger partial charge in [0.2, 0.25) is 5.76 Å². The molecule has 0 bridgehead atoms. The second-order valence-electron chi connectivity index (χ2n) is 4.33. The molecule has 1 aromatic carbocycles. The van der Waals surface area contributed by atoms with Crippen molar-refractivity contribution in [2.45, 2.75) is 13.8 Å². The van der Waals surface area contributed by atoms with Gasteiger partial charge in [0.05, 0.1) is 11.4 Å². The van der Waals surface area contributed by atoms with E-state index in [4.69, 9.17) is 9.56 Å². The van der Waals surface area contributed by atoms with Crippen LogP contribution in [0.1, 0.15) is 22.1 Å². The lowest BCUT2D eigenvalue weighted by Gasteiger charge is -2.07. The van der Waals surface area contributed by atoms with E-state index in [1.54, 1.807) is 26.0 Å². The van der Waals surface area contributed by atoms with Crippen LogP contribution in [0, 0.1) is 13.8 Å². The van der Waals surface area contributed by atoms with E-state index in [1.807, 2.05) is 0 Å². The Morgan fingerprint density at radius 1 is 1.29 bits per heavy atom. The van der Waals surface area contributed by atoms with E-state index in [-0.39, 0.29) is 11.4 Å². The third kappa shape index (κ3) is 4.04. The zero-order valence-corrected chi connectivity index (χ0v) is 12.2. The monoisotopic (exact) mass is 310 g/mol. The summed E-state index contributed by atoms with van der Waals surface area (Å²) in [7, 11) is -3.87. The summed E-state index contributed by atoms with van der Waals surface area (Å²) in [6, 6.07) is 6.11. The molecule has 112 valence electrons. The zero-order valence-electron chi connectivity index (χ0n) is 11.4. The molecule has 0 saturated carbocycles. The highest BCUT2D eigenvalue weighted by molar-refractivity contribution is 7.90. The second-order valence-corrected chi connectivity index (χ2v) is 5.62. The molecule has 1 amide bonds. The molecule has 1 aromatic heterocycles. The number of aryl methyl sites for hydroxylation is 2. The highest BCUT2D eigenvalue weighted by Gasteiger charge is 2.16. The van der Waals surface area contributed by atoms with Gasteiger partial charge in [-0.05, 0) is 25.1 Å². The van der Waals surface area contributed by atoms with E-state index < -0.39 is 16.1 Å². The molecule has 0 saturated heterocycles. The lowest BCUT2D eigenvalue weighted by atomic mass is 10.2. The number of carbonyl (C=O) groups excluding carboxylic acids is 1. The summed E-state index contributed by atoms with van der Waals surface area (Å²) in [6.45, 7) is 3.30. The predicted octanol–water partition coefficient (Wildman–Crippen LogP) is 1.16. The van der Waals surface area contributed by atoms with E-state index in [1.165, 1.54) is 12.1 Å². The number of aromatic nitrogens is 1. The lowest BCUT2D eigenvalue weighted by molar-refractivity contribution is 0.0994. The van der Waals surface area contributed by atoms with Gasteiger partial charge in [-0.15, -0.1) is 0 Å². The van der Waals surface area contributed by atoms with Crippen LogP contribution in [-0.2, 0) is 10.2 Å². The van der Waals surface area contributed by atoms with Gasteiger partial charge >= 0.3 is 0 Å². The Labute approximate surface area is 121 Å². The number of amides is 1. The first kappa shape index (κ1) is 15.0. The largest absolute Gasteiger partial charge is 0.436 e. The van der Waals surface area contributed by atoms with Crippen molar-refractivity contribution in [3.8, 4) is 0 Å². The van der Waals surface area contributed by atoms with Crippen LogP contribution in [0.4, 0.5) is 11.4 Å². The summed E-state index contributed by atoms with van der Waals surface area (Å²) in [6.07, 6.45) is 0. The summed E-state index contributed by atoms with van der Waals surface area (Å²) in [5.41, 5.74) is 1.10. The summed E-state index contributed by atoms with van der Waals surface area (Å²) >= 11 is 0. The molecule has 8 nitrogen and oxygen atoms in total. The molecule has 9 heteroatoms. The van der Waals surface area contributed by atoms with Crippen molar-refractivity contribution in [3.63, 3.8) is 0 Å². The molecule has 2 rings (SSSR count). The molecule has 1 heterocycles. The van der Waals surface area contributed by atoms with Crippen LogP contribution in [-0.4, -0.2) is 19.3 Å². The summed E-state index contributed by atoms with van der Waals surface area (Å²) in [4.78, 5) is 16.0. The van der Waals surface area contributed by atoms with Crippen LogP contribution in [0.2, 0.25) is 0 Å².